The maximum absolute atomic E-state index is 11.4. The lowest BCUT2D eigenvalue weighted by atomic mass is 10.2. The Bertz CT molecular complexity index is 448. The number of nitrogens with one attached hydrogen (secondary N) is 2. The van der Waals surface area contributed by atoms with Crippen molar-refractivity contribution in [1.29, 1.82) is 0 Å². The fourth-order valence-corrected chi connectivity index (χ4v) is 1.65. The lowest BCUT2D eigenvalue weighted by Gasteiger charge is -2.07. The van der Waals surface area contributed by atoms with Gasteiger partial charge in [-0.3, -0.25) is 9.59 Å². The van der Waals surface area contributed by atoms with Crippen LogP contribution in [0.3, 0.4) is 0 Å². The molecule has 0 fully saturated rings. The Labute approximate surface area is 123 Å². The zero-order chi connectivity index (χ0) is 15.5. The van der Waals surface area contributed by atoms with E-state index in [1.54, 1.807) is 12.1 Å². The highest BCUT2D eigenvalue weighted by molar-refractivity contribution is 5.92. The van der Waals surface area contributed by atoms with Crippen molar-refractivity contribution in [2.24, 2.45) is 0 Å². The molecule has 1 aromatic rings. The van der Waals surface area contributed by atoms with E-state index in [0.717, 1.165) is 25.8 Å². The van der Waals surface area contributed by atoms with E-state index < -0.39 is 5.97 Å². The van der Waals surface area contributed by atoms with Gasteiger partial charge < -0.3 is 20.8 Å². The van der Waals surface area contributed by atoms with Gasteiger partial charge in [-0.2, -0.15) is 0 Å². The molecule has 0 radical (unpaired) electrons. The van der Waals surface area contributed by atoms with Crippen molar-refractivity contribution in [3.05, 3.63) is 18.3 Å². The van der Waals surface area contributed by atoms with Crippen molar-refractivity contribution in [3.8, 4) is 0 Å². The maximum atomic E-state index is 11.4. The fourth-order valence-electron chi connectivity index (χ4n) is 1.65. The minimum absolute atomic E-state index is 0.0554. The highest BCUT2D eigenvalue weighted by atomic mass is 16.4. The summed E-state index contributed by atoms with van der Waals surface area (Å²) in [6, 6.07) is 3.46. The fraction of sp³-hybridized carbons (Fsp3) is 0.500. The minimum atomic E-state index is -0.996. The third-order valence-corrected chi connectivity index (χ3v) is 2.75. The third kappa shape index (κ3) is 7.88. The van der Waals surface area contributed by atoms with Crippen molar-refractivity contribution in [2.75, 3.05) is 23.8 Å². The van der Waals surface area contributed by atoms with Crippen LogP contribution in [0.2, 0.25) is 0 Å². The van der Waals surface area contributed by atoms with Crippen molar-refractivity contribution in [2.45, 2.75) is 32.1 Å². The Balaban J connectivity index is 2.29. The van der Waals surface area contributed by atoms with Crippen molar-refractivity contribution >= 4 is 23.4 Å². The number of aliphatic hydroxyl groups excluding tert-OH is 1. The molecular formula is C14H21N3O4. The molecule has 0 saturated heterocycles. The summed E-state index contributed by atoms with van der Waals surface area (Å²) >= 11 is 0. The third-order valence-electron chi connectivity index (χ3n) is 2.75. The first-order valence-electron chi connectivity index (χ1n) is 6.94. The highest BCUT2D eigenvalue weighted by Gasteiger charge is 2.06. The summed E-state index contributed by atoms with van der Waals surface area (Å²) in [5.41, 5.74) is 0.538. The minimum Gasteiger partial charge on any atom is -0.481 e. The van der Waals surface area contributed by atoms with Gasteiger partial charge in [0.1, 0.15) is 5.82 Å². The van der Waals surface area contributed by atoms with E-state index in [1.807, 2.05) is 0 Å². The van der Waals surface area contributed by atoms with E-state index >= 15 is 0 Å². The summed E-state index contributed by atoms with van der Waals surface area (Å²) in [6.07, 6.45) is 4.00. The number of carbonyl (C=O) groups is 2. The van der Waals surface area contributed by atoms with Crippen molar-refractivity contribution < 1.29 is 19.8 Å². The molecule has 1 heterocycles. The van der Waals surface area contributed by atoms with Gasteiger partial charge >= 0.3 is 5.97 Å². The molecule has 0 unspecified atom stereocenters. The molecule has 0 aliphatic heterocycles. The summed E-state index contributed by atoms with van der Waals surface area (Å²) < 4.78 is 0. The van der Waals surface area contributed by atoms with Gasteiger partial charge in [-0.05, 0) is 31.4 Å². The molecule has 0 atom stereocenters. The van der Waals surface area contributed by atoms with Gasteiger partial charge in [0.2, 0.25) is 5.91 Å². The van der Waals surface area contributed by atoms with Crippen LogP contribution in [0, 0.1) is 0 Å². The number of nitrogens with zero attached hydrogens (tertiary/aromatic N) is 1. The van der Waals surface area contributed by atoms with Crippen LogP contribution in [0.1, 0.15) is 32.1 Å². The van der Waals surface area contributed by atoms with E-state index in [0.29, 0.717) is 11.5 Å². The first kappa shape index (κ1) is 16.9. The van der Waals surface area contributed by atoms with Crippen LogP contribution >= 0.6 is 0 Å². The van der Waals surface area contributed by atoms with Crippen LogP contribution in [0.4, 0.5) is 11.5 Å². The summed E-state index contributed by atoms with van der Waals surface area (Å²) in [7, 11) is 0. The number of aliphatic carboxylic acids is 1. The SMILES string of the molecule is O=C(O)CCC(=O)Nc1ccc(NCCCCCO)nc1. The van der Waals surface area contributed by atoms with E-state index in [9.17, 15) is 9.59 Å². The van der Waals surface area contributed by atoms with Gasteiger partial charge in [-0.15, -0.1) is 0 Å². The quantitative estimate of drug-likeness (QED) is 0.486. The topological polar surface area (TPSA) is 112 Å². The molecule has 1 rings (SSSR count). The number of unbranched alkanes of at least 4 members (excludes halogenated alkanes) is 2. The standard InChI is InChI=1S/C14H21N3O4/c18-9-3-1-2-8-15-12-5-4-11(10-16-12)17-13(19)6-7-14(20)21/h4-5,10,18H,1-3,6-9H2,(H,15,16)(H,17,19)(H,20,21). The molecule has 116 valence electrons. The van der Waals surface area contributed by atoms with Crippen LogP contribution in [-0.4, -0.2) is 40.2 Å². The second-order valence-electron chi connectivity index (χ2n) is 4.59. The first-order chi connectivity index (χ1) is 10.1. The van der Waals surface area contributed by atoms with Gasteiger partial charge in [-0.25, -0.2) is 4.98 Å². The number of hydrogen-bond donors (Lipinski definition) is 4. The van der Waals surface area contributed by atoms with Crippen LogP contribution in [0.5, 0.6) is 0 Å². The normalized spacial score (nSPS) is 10.1. The van der Waals surface area contributed by atoms with E-state index in [-0.39, 0.29) is 25.4 Å². The molecule has 1 amide bonds. The molecule has 0 aliphatic rings. The molecule has 0 aromatic carbocycles. The molecule has 0 saturated carbocycles. The second-order valence-corrected chi connectivity index (χ2v) is 4.59. The Morgan fingerprint density at radius 2 is 1.95 bits per heavy atom. The Hall–Kier alpha value is -2.15. The number of rotatable bonds is 10. The molecule has 7 nitrogen and oxygen atoms in total. The predicted octanol–water partition coefficient (Wildman–Crippen LogP) is 1.46. The maximum Gasteiger partial charge on any atom is 0.303 e. The summed E-state index contributed by atoms with van der Waals surface area (Å²) in [4.78, 5) is 25.9. The monoisotopic (exact) mass is 295 g/mol. The predicted molar refractivity (Wildman–Crippen MR) is 79.2 cm³/mol. The lowest BCUT2D eigenvalue weighted by Crippen LogP contribution is -2.13. The van der Waals surface area contributed by atoms with Gasteiger partial charge in [0.05, 0.1) is 18.3 Å². The van der Waals surface area contributed by atoms with Gasteiger partial charge in [0, 0.05) is 19.6 Å². The van der Waals surface area contributed by atoms with Gasteiger partial charge in [0.25, 0.3) is 0 Å². The number of amides is 1. The number of hydrogen-bond acceptors (Lipinski definition) is 5. The molecule has 4 N–H and O–H groups in total. The Kier molecular flexibility index (Phi) is 7.81. The molecule has 0 aliphatic carbocycles. The van der Waals surface area contributed by atoms with Crippen LogP contribution in [-0.2, 0) is 9.59 Å². The number of aromatic nitrogens is 1. The smallest absolute Gasteiger partial charge is 0.303 e. The van der Waals surface area contributed by atoms with Crippen LogP contribution < -0.4 is 10.6 Å². The van der Waals surface area contributed by atoms with Crippen LogP contribution in [0.15, 0.2) is 18.3 Å². The number of carboxylic acid groups (broad SMARTS) is 1. The molecule has 7 heteroatoms. The number of carboxylic acids is 1. The van der Waals surface area contributed by atoms with E-state index in [1.165, 1.54) is 6.20 Å². The van der Waals surface area contributed by atoms with Gasteiger partial charge in [0.15, 0.2) is 0 Å². The van der Waals surface area contributed by atoms with Crippen LogP contribution in [0.25, 0.3) is 0 Å². The number of anilines is 2. The zero-order valence-corrected chi connectivity index (χ0v) is 11.8. The van der Waals surface area contributed by atoms with Gasteiger partial charge in [-0.1, -0.05) is 0 Å². The average Bonchev–Trinajstić information content (AvgIpc) is 2.47. The molecule has 1 aromatic heterocycles. The zero-order valence-electron chi connectivity index (χ0n) is 11.8. The number of aliphatic hydroxyl groups is 1. The largest absolute Gasteiger partial charge is 0.481 e. The summed E-state index contributed by atoms with van der Waals surface area (Å²) in [5, 5.41) is 22.9. The molecular weight excluding hydrogens is 274 g/mol. The molecule has 0 bridgehead atoms. The lowest BCUT2D eigenvalue weighted by molar-refractivity contribution is -0.138. The van der Waals surface area contributed by atoms with E-state index in [4.69, 9.17) is 10.2 Å². The number of carbonyl (C=O) groups excluding carboxylic acids is 1. The summed E-state index contributed by atoms with van der Waals surface area (Å²) in [5.74, 6) is -0.629. The number of pyridine rings is 1. The highest BCUT2D eigenvalue weighted by Crippen LogP contribution is 2.10. The Morgan fingerprint density at radius 1 is 1.14 bits per heavy atom. The Morgan fingerprint density at radius 3 is 2.57 bits per heavy atom. The van der Waals surface area contributed by atoms with Crippen molar-refractivity contribution in [3.63, 3.8) is 0 Å². The first-order valence-corrected chi connectivity index (χ1v) is 6.94. The summed E-state index contributed by atoms with van der Waals surface area (Å²) in [6.45, 7) is 0.992. The average molecular weight is 295 g/mol. The molecule has 21 heavy (non-hydrogen) atoms. The van der Waals surface area contributed by atoms with Crippen molar-refractivity contribution in [1.82, 2.24) is 4.98 Å². The van der Waals surface area contributed by atoms with E-state index in [2.05, 4.69) is 15.6 Å². The molecule has 0 spiro atoms. The second kappa shape index (κ2) is 9.71.